The first kappa shape index (κ1) is 17.9. The molecule has 0 bridgehead atoms. The Morgan fingerprint density at radius 2 is 2.14 bits per heavy atom. The summed E-state index contributed by atoms with van der Waals surface area (Å²) >= 11 is 0. The molecule has 0 aromatic carbocycles. The molecule has 1 N–H and O–H groups in total. The number of aromatic nitrogens is 7. The lowest BCUT2D eigenvalue weighted by Gasteiger charge is -2.35. The minimum atomic E-state index is 0.260. The van der Waals surface area contributed by atoms with Crippen molar-refractivity contribution in [3.05, 3.63) is 36.4 Å². The first-order chi connectivity index (χ1) is 14.2. The molecule has 0 aliphatic carbocycles. The maximum Gasteiger partial charge on any atom is 0.168 e. The van der Waals surface area contributed by atoms with E-state index in [2.05, 4.69) is 44.5 Å². The van der Waals surface area contributed by atoms with Gasteiger partial charge in [0.15, 0.2) is 5.65 Å². The van der Waals surface area contributed by atoms with Crippen molar-refractivity contribution in [2.24, 2.45) is 0 Å². The van der Waals surface area contributed by atoms with Gasteiger partial charge in [0.1, 0.15) is 17.3 Å². The summed E-state index contributed by atoms with van der Waals surface area (Å²) < 4.78 is 9.77. The molecule has 0 spiro atoms. The highest BCUT2D eigenvalue weighted by molar-refractivity contribution is 5.77. The fourth-order valence-electron chi connectivity index (χ4n) is 4.01. The van der Waals surface area contributed by atoms with Crippen molar-refractivity contribution in [2.75, 3.05) is 24.7 Å². The van der Waals surface area contributed by atoms with Crippen LogP contribution in [0.2, 0.25) is 0 Å². The molecule has 1 saturated heterocycles. The van der Waals surface area contributed by atoms with E-state index in [1.54, 1.807) is 6.20 Å². The van der Waals surface area contributed by atoms with E-state index < -0.39 is 0 Å². The molecule has 4 aromatic rings. The first-order valence-electron chi connectivity index (χ1n) is 9.93. The summed E-state index contributed by atoms with van der Waals surface area (Å²) in [5, 5.41) is 11.6. The number of hydrogen-bond donors (Lipinski definition) is 1. The fourth-order valence-corrected chi connectivity index (χ4v) is 4.01. The number of nitrogens with zero attached hydrogens (tertiary/aromatic N) is 7. The molecule has 4 aromatic heterocycles. The van der Waals surface area contributed by atoms with Crippen LogP contribution in [-0.2, 0) is 11.3 Å². The van der Waals surface area contributed by atoms with Gasteiger partial charge in [0.05, 0.1) is 36.3 Å². The SMILES string of the molecule is CCn1nccc1-c1cc(N2CCOC[C@H]2C)n2c(C)nc(-c3ccn[nH]3)c2n1. The Bertz CT molecular complexity index is 1140. The number of fused-ring (bicyclic) bond motifs is 1. The lowest BCUT2D eigenvalue weighted by Crippen LogP contribution is -2.44. The predicted molar refractivity (Wildman–Crippen MR) is 110 cm³/mol. The Balaban J connectivity index is 1.80. The second kappa shape index (κ2) is 7.00. The van der Waals surface area contributed by atoms with Crippen LogP contribution in [0.5, 0.6) is 0 Å². The Morgan fingerprint density at radius 1 is 1.24 bits per heavy atom. The van der Waals surface area contributed by atoms with Gasteiger partial charge in [-0.3, -0.25) is 14.2 Å². The molecule has 0 unspecified atom stereocenters. The molecule has 9 heteroatoms. The summed E-state index contributed by atoms with van der Waals surface area (Å²) in [6, 6.07) is 6.33. The van der Waals surface area contributed by atoms with Crippen LogP contribution in [-0.4, -0.2) is 60.1 Å². The Morgan fingerprint density at radius 3 is 2.90 bits per heavy atom. The molecule has 1 fully saturated rings. The second-order valence-electron chi connectivity index (χ2n) is 7.29. The highest BCUT2D eigenvalue weighted by atomic mass is 16.5. The average molecular weight is 392 g/mol. The van der Waals surface area contributed by atoms with Crippen molar-refractivity contribution in [3.8, 4) is 22.8 Å². The molecular formula is C20H24N8O. The molecule has 0 saturated carbocycles. The lowest BCUT2D eigenvalue weighted by molar-refractivity contribution is 0.0984. The van der Waals surface area contributed by atoms with Gasteiger partial charge in [-0.1, -0.05) is 0 Å². The van der Waals surface area contributed by atoms with E-state index in [0.717, 1.165) is 53.2 Å². The topological polar surface area (TPSA) is 89.2 Å². The smallest absolute Gasteiger partial charge is 0.168 e. The molecular weight excluding hydrogens is 368 g/mol. The predicted octanol–water partition coefficient (Wildman–Crippen LogP) is 2.54. The number of anilines is 1. The monoisotopic (exact) mass is 392 g/mol. The quantitative estimate of drug-likeness (QED) is 0.574. The van der Waals surface area contributed by atoms with E-state index in [4.69, 9.17) is 14.7 Å². The van der Waals surface area contributed by atoms with Crippen LogP contribution in [0, 0.1) is 6.92 Å². The molecule has 1 atom stereocenters. The Labute approximate surface area is 168 Å². The van der Waals surface area contributed by atoms with E-state index in [0.29, 0.717) is 13.2 Å². The van der Waals surface area contributed by atoms with Crippen molar-refractivity contribution in [3.63, 3.8) is 0 Å². The molecule has 0 radical (unpaired) electrons. The number of rotatable bonds is 4. The average Bonchev–Trinajstić information content (AvgIpc) is 3.48. The summed E-state index contributed by atoms with van der Waals surface area (Å²) in [7, 11) is 0. The zero-order valence-corrected chi connectivity index (χ0v) is 16.8. The zero-order chi connectivity index (χ0) is 20.0. The van der Waals surface area contributed by atoms with E-state index in [-0.39, 0.29) is 6.04 Å². The first-order valence-corrected chi connectivity index (χ1v) is 9.93. The van der Waals surface area contributed by atoms with Gasteiger partial charge < -0.3 is 9.64 Å². The van der Waals surface area contributed by atoms with Crippen LogP contribution in [0.3, 0.4) is 0 Å². The van der Waals surface area contributed by atoms with Crippen LogP contribution in [0.4, 0.5) is 5.82 Å². The fraction of sp³-hybridized carbons (Fsp3) is 0.400. The summed E-state index contributed by atoms with van der Waals surface area (Å²) in [5.41, 5.74) is 4.33. The summed E-state index contributed by atoms with van der Waals surface area (Å²) in [5.74, 6) is 1.96. The molecule has 150 valence electrons. The van der Waals surface area contributed by atoms with Crippen LogP contribution in [0.1, 0.15) is 19.7 Å². The minimum absolute atomic E-state index is 0.260. The molecule has 5 heterocycles. The largest absolute Gasteiger partial charge is 0.377 e. The van der Waals surface area contributed by atoms with Gasteiger partial charge in [0.2, 0.25) is 0 Å². The van der Waals surface area contributed by atoms with E-state index in [1.165, 1.54) is 0 Å². The van der Waals surface area contributed by atoms with Gasteiger partial charge in [-0.2, -0.15) is 10.2 Å². The number of aromatic amines is 1. The van der Waals surface area contributed by atoms with Crippen molar-refractivity contribution in [1.29, 1.82) is 0 Å². The number of ether oxygens (including phenoxy) is 1. The molecule has 1 aliphatic rings. The lowest BCUT2D eigenvalue weighted by atomic mass is 10.2. The zero-order valence-electron chi connectivity index (χ0n) is 16.8. The van der Waals surface area contributed by atoms with Crippen LogP contribution < -0.4 is 4.90 Å². The molecule has 29 heavy (non-hydrogen) atoms. The van der Waals surface area contributed by atoms with Crippen LogP contribution in [0.15, 0.2) is 30.6 Å². The standard InChI is InChI=1S/C20H24N8O/c1-4-27-17(6-8-22-27)16-11-18(26-9-10-29-12-13(26)2)28-14(3)23-19(20(28)24-16)15-5-7-21-25-15/h5-8,11,13H,4,9-10,12H2,1-3H3,(H,21,25)/t13-/m1/s1. The molecule has 5 rings (SSSR count). The molecule has 9 nitrogen and oxygen atoms in total. The van der Waals surface area contributed by atoms with Crippen LogP contribution in [0.25, 0.3) is 28.4 Å². The number of H-pyrrole nitrogens is 1. The normalized spacial score (nSPS) is 17.3. The summed E-state index contributed by atoms with van der Waals surface area (Å²) in [6.45, 7) is 9.29. The van der Waals surface area contributed by atoms with Crippen molar-refractivity contribution >= 4 is 11.5 Å². The third-order valence-electron chi connectivity index (χ3n) is 5.44. The van der Waals surface area contributed by atoms with Gasteiger partial charge in [-0.15, -0.1) is 0 Å². The molecule has 0 amide bonds. The third-order valence-corrected chi connectivity index (χ3v) is 5.44. The molecule has 1 aliphatic heterocycles. The Kier molecular flexibility index (Phi) is 4.31. The number of nitrogens with one attached hydrogen (secondary N) is 1. The van der Waals surface area contributed by atoms with Crippen molar-refractivity contribution < 1.29 is 4.74 Å². The van der Waals surface area contributed by atoms with Gasteiger partial charge in [0.25, 0.3) is 0 Å². The highest BCUT2D eigenvalue weighted by Crippen LogP contribution is 2.32. The van der Waals surface area contributed by atoms with E-state index in [1.807, 2.05) is 29.9 Å². The second-order valence-corrected chi connectivity index (χ2v) is 7.29. The maximum absolute atomic E-state index is 5.67. The third kappa shape index (κ3) is 2.89. The highest BCUT2D eigenvalue weighted by Gasteiger charge is 2.26. The summed E-state index contributed by atoms with van der Waals surface area (Å²) in [6.07, 6.45) is 3.55. The van der Waals surface area contributed by atoms with Gasteiger partial charge in [-0.25, -0.2) is 9.97 Å². The van der Waals surface area contributed by atoms with Crippen molar-refractivity contribution in [2.45, 2.75) is 33.4 Å². The van der Waals surface area contributed by atoms with Gasteiger partial charge in [0, 0.05) is 31.5 Å². The maximum atomic E-state index is 5.67. The van der Waals surface area contributed by atoms with E-state index >= 15 is 0 Å². The van der Waals surface area contributed by atoms with E-state index in [9.17, 15) is 0 Å². The number of imidazole rings is 1. The van der Waals surface area contributed by atoms with Gasteiger partial charge >= 0.3 is 0 Å². The number of morpholine rings is 1. The summed E-state index contributed by atoms with van der Waals surface area (Å²) in [4.78, 5) is 12.2. The van der Waals surface area contributed by atoms with Gasteiger partial charge in [-0.05, 0) is 32.9 Å². The Hall–Kier alpha value is -3.20. The minimum Gasteiger partial charge on any atom is -0.377 e. The van der Waals surface area contributed by atoms with Crippen molar-refractivity contribution in [1.82, 2.24) is 34.3 Å². The van der Waals surface area contributed by atoms with Crippen LogP contribution >= 0.6 is 0 Å². The number of aryl methyl sites for hydroxylation is 2. The number of hydrogen-bond acceptors (Lipinski definition) is 6.